The zero-order valence-corrected chi connectivity index (χ0v) is 9.24. The zero-order chi connectivity index (χ0) is 11.8. The fourth-order valence-electron chi connectivity index (χ4n) is 0.940. The molecule has 0 aliphatic rings. The van der Waals surface area contributed by atoms with Gasteiger partial charge in [-0.05, 0) is 20.3 Å². The second-order valence-corrected chi connectivity index (χ2v) is 2.96. The summed E-state index contributed by atoms with van der Waals surface area (Å²) in [5, 5.41) is 0. The fourth-order valence-corrected chi connectivity index (χ4v) is 0.940. The van der Waals surface area contributed by atoms with Gasteiger partial charge in [0.1, 0.15) is 0 Å². The van der Waals surface area contributed by atoms with E-state index in [1.807, 2.05) is 6.92 Å². The molecule has 86 valence electrons. The highest BCUT2D eigenvalue weighted by molar-refractivity contribution is 6.14. The third kappa shape index (κ3) is 4.58. The van der Waals surface area contributed by atoms with Gasteiger partial charge in [-0.2, -0.15) is 0 Å². The van der Waals surface area contributed by atoms with Crippen LogP contribution in [-0.2, 0) is 23.9 Å². The number of Topliss-reactive ketones (excluding diaryl/α,β-unsaturated/α-hetero) is 1. The molecule has 0 aliphatic carbocycles. The van der Waals surface area contributed by atoms with Crippen LogP contribution in [0.25, 0.3) is 0 Å². The number of carbonyl (C=O) groups is 3. The number of hydrogen-bond donors (Lipinski definition) is 0. The van der Waals surface area contributed by atoms with Crippen LogP contribution in [0.4, 0.5) is 0 Å². The maximum Gasteiger partial charge on any atom is 0.328 e. The number of carbonyl (C=O) groups excluding carboxylic acids is 3. The van der Waals surface area contributed by atoms with Crippen LogP contribution in [0.15, 0.2) is 0 Å². The first-order chi connectivity index (χ1) is 7.04. The predicted molar refractivity (Wildman–Crippen MR) is 52.1 cm³/mol. The summed E-state index contributed by atoms with van der Waals surface area (Å²) in [7, 11) is 0. The molecule has 0 amide bonds. The van der Waals surface area contributed by atoms with Crippen molar-refractivity contribution in [2.24, 2.45) is 5.92 Å². The van der Waals surface area contributed by atoms with E-state index in [2.05, 4.69) is 4.74 Å². The Morgan fingerprint density at radius 3 is 2.00 bits per heavy atom. The number of ether oxygens (including phenoxy) is 2. The summed E-state index contributed by atoms with van der Waals surface area (Å²) in [6.07, 6.45) is 0.638. The van der Waals surface area contributed by atoms with Crippen LogP contribution in [0.2, 0.25) is 0 Å². The average Bonchev–Trinajstić information content (AvgIpc) is 2.14. The number of ketones is 1. The van der Waals surface area contributed by atoms with E-state index in [0.29, 0.717) is 6.42 Å². The normalized spacial score (nSPS) is 11.7. The van der Waals surface area contributed by atoms with Crippen LogP contribution in [0, 0.1) is 5.92 Å². The largest absolute Gasteiger partial charge is 0.465 e. The van der Waals surface area contributed by atoms with Crippen molar-refractivity contribution in [3.63, 3.8) is 0 Å². The van der Waals surface area contributed by atoms with E-state index in [4.69, 9.17) is 4.74 Å². The maximum atomic E-state index is 11.3. The average molecular weight is 216 g/mol. The van der Waals surface area contributed by atoms with E-state index in [-0.39, 0.29) is 13.2 Å². The molecule has 0 heterocycles. The molecule has 0 saturated heterocycles. The second kappa shape index (κ2) is 6.98. The van der Waals surface area contributed by atoms with Gasteiger partial charge in [0.25, 0.3) is 0 Å². The molecule has 0 radical (unpaired) electrons. The van der Waals surface area contributed by atoms with Crippen molar-refractivity contribution in [1.82, 2.24) is 0 Å². The van der Waals surface area contributed by atoms with Crippen molar-refractivity contribution < 1.29 is 23.9 Å². The van der Waals surface area contributed by atoms with Gasteiger partial charge < -0.3 is 9.47 Å². The van der Waals surface area contributed by atoms with Gasteiger partial charge in [-0.25, -0.2) is 0 Å². The van der Waals surface area contributed by atoms with Gasteiger partial charge in [0.05, 0.1) is 13.2 Å². The first-order valence-electron chi connectivity index (χ1n) is 4.88. The molecule has 0 spiro atoms. The Balaban J connectivity index is 4.45. The van der Waals surface area contributed by atoms with Crippen molar-refractivity contribution in [2.75, 3.05) is 13.2 Å². The highest BCUT2D eigenvalue weighted by Crippen LogP contribution is 2.05. The summed E-state index contributed by atoms with van der Waals surface area (Å²) in [5.41, 5.74) is 0. The van der Waals surface area contributed by atoms with Crippen molar-refractivity contribution in [3.05, 3.63) is 0 Å². The van der Waals surface area contributed by atoms with E-state index in [0.717, 1.165) is 6.92 Å². The third-order valence-corrected chi connectivity index (χ3v) is 1.61. The lowest BCUT2D eigenvalue weighted by atomic mass is 10.1. The second-order valence-electron chi connectivity index (χ2n) is 2.96. The van der Waals surface area contributed by atoms with Crippen molar-refractivity contribution >= 4 is 17.7 Å². The van der Waals surface area contributed by atoms with Crippen molar-refractivity contribution in [2.45, 2.75) is 27.2 Å². The minimum atomic E-state index is -1.43. The molecule has 0 N–H and O–H groups in total. The molecule has 0 bridgehead atoms. The first kappa shape index (κ1) is 13.6. The van der Waals surface area contributed by atoms with E-state index in [1.54, 1.807) is 6.92 Å². The molecule has 15 heavy (non-hydrogen) atoms. The summed E-state index contributed by atoms with van der Waals surface area (Å²) in [6, 6.07) is 0. The minimum absolute atomic E-state index is 0.129. The van der Waals surface area contributed by atoms with Gasteiger partial charge >= 0.3 is 11.9 Å². The van der Waals surface area contributed by atoms with Gasteiger partial charge in [0, 0.05) is 0 Å². The van der Waals surface area contributed by atoms with E-state index >= 15 is 0 Å². The van der Waals surface area contributed by atoms with E-state index in [9.17, 15) is 14.4 Å². The highest BCUT2D eigenvalue weighted by Gasteiger charge is 2.33. The van der Waals surface area contributed by atoms with Crippen molar-refractivity contribution in [1.29, 1.82) is 0 Å². The monoisotopic (exact) mass is 216 g/mol. The van der Waals surface area contributed by atoms with Crippen LogP contribution >= 0.6 is 0 Å². The first-order valence-corrected chi connectivity index (χ1v) is 4.88. The summed E-state index contributed by atoms with van der Waals surface area (Å²) < 4.78 is 9.33. The van der Waals surface area contributed by atoms with Gasteiger partial charge in [0.2, 0.25) is 5.92 Å². The molecule has 0 aromatic heterocycles. The smallest absolute Gasteiger partial charge is 0.328 e. The van der Waals surface area contributed by atoms with Gasteiger partial charge in [-0.3, -0.25) is 14.4 Å². The van der Waals surface area contributed by atoms with Crippen LogP contribution in [0.5, 0.6) is 0 Å². The van der Waals surface area contributed by atoms with Crippen LogP contribution in [0.1, 0.15) is 27.2 Å². The Morgan fingerprint density at radius 2 is 1.60 bits per heavy atom. The molecule has 0 aliphatic heterocycles. The minimum Gasteiger partial charge on any atom is -0.465 e. The Morgan fingerprint density at radius 1 is 1.07 bits per heavy atom. The molecular weight excluding hydrogens is 200 g/mol. The summed E-state index contributed by atoms with van der Waals surface area (Å²) >= 11 is 0. The number of hydrogen-bond acceptors (Lipinski definition) is 5. The quantitative estimate of drug-likeness (QED) is 0.483. The van der Waals surface area contributed by atoms with Crippen LogP contribution < -0.4 is 0 Å². The molecule has 0 saturated carbocycles. The summed E-state index contributed by atoms with van der Waals surface area (Å²) in [6.45, 7) is 4.91. The molecule has 0 fully saturated rings. The lowest BCUT2D eigenvalue weighted by Gasteiger charge is -2.11. The molecule has 0 aromatic rings. The molecular formula is C10H16O5. The molecule has 0 rings (SSSR count). The van der Waals surface area contributed by atoms with Gasteiger partial charge in [-0.1, -0.05) is 6.92 Å². The van der Waals surface area contributed by atoms with Crippen LogP contribution in [-0.4, -0.2) is 30.9 Å². The predicted octanol–water partition coefficient (Wildman–Crippen LogP) is 0.708. The number of esters is 2. The summed E-state index contributed by atoms with van der Waals surface area (Å²) in [5.74, 6) is -3.67. The Kier molecular flexibility index (Phi) is 6.33. The fraction of sp³-hybridized carbons (Fsp3) is 0.700. The maximum absolute atomic E-state index is 11.3. The summed E-state index contributed by atoms with van der Waals surface area (Å²) in [4.78, 5) is 33.6. The Hall–Kier alpha value is -1.39. The molecule has 1 unspecified atom stereocenters. The van der Waals surface area contributed by atoms with Gasteiger partial charge in [-0.15, -0.1) is 0 Å². The Bertz CT molecular complexity index is 246. The SMILES string of the molecule is CCCOC(=O)C(C(C)=O)C(=O)OCC. The lowest BCUT2D eigenvalue weighted by Crippen LogP contribution is -2.33. The molecule has 5 heteroatoms. The third-order valence-electron chi connectivity index (χ3n) is 1.61. The molecule has 1 atom stereocenters. The van der Waals surface area contributed by atoms with Crippen molar-refractivity contribution in [3.8, 4) is 0 Å². The lowest BCUT2D eigenvalue weighted by molar-refractivity contribution is -0.163. The van der Waals surface area contributed by atoms with E-state index < -0.39 is 23.6 Å². The number of rotatable bonds is 6. The van der Waals surface area contributed by atoms with E-state index in [1.165, 1.54) is 0 Å². The zero-order valence-electron chi connectivity index (χ0n) is 9.24. The van der Waals surface area contributed by atoms with Gasteiger partial charge in [0.15, 0.2) is 5.78 Å². The standard InChI is InChI=1S/C10H16O5/c1-4-6-15-10(13)8(7(3)11)9(12)14-5-2/h8H,4-6H2,1-3H3. The topological polar surface area (TPSA) is 69.7 Å². The highest BCUT2D eigenvalue weighted by atomic mass is 16.6. The van der Waals surface area contributed by atoms with Crippen LogP contribution in [0.3, 0.4) is 0 Å². The molecule has 0 aromatic carbocycles. The molecule has 5 nitrogen and oxygen atoms in total. The Labute approximate surface area is 88.7 Å².